The highest BCUT2D eigenvalue weighted by Gasteiger charge is 2.05. The largest absolute Gasteiger partial charge is 0.309 e. The van der Waals surface area contributed by atoms with E-state index >= 15 is 0 Å². The number of fused-ring (bicyclic) bond motifs is 1. The Balaban J connectivity index is 1.67. The van der Waals surface area contributed by atoms with Crippen molar-refractivity contribution in [3.05, 3.63) is 65.4 Å². The first-order valence-corrected chi connectivity index (χ1v) is 6.44. The number of halogens is 1. The van der Waals surface area contributed by atoms with Crippen LogP contribution in [0.3, 0.4) is 0 Å². The van der Waals surface area contributed by atoms with Gasteiger partial charge in [-0.25, -0.2) is 13.9 Å². The van der Waals surface area contributed by atoms with E-state index in [0.717, 1.165) is 11.1 Å². The van der Waals surface area contributed by atoms with Crippen LogP contribution < -0.4 is 5.32 Å². The number of nitrogens with zero attached hydrogens (tertiary/aromatic N) is 4. The Morgan fingerprint density at radius 3 is 2.90 bits per heavy atom. The maximum absolute atomic E-state index is 13.1. The van der Waals surface area contributed by atoms with Crippen LogP contribution >= 0.6 is 0 Å². The second-order valence-electron chi connectivity index (χ2n) is 4.63. The quantitative estimate of drug-likeness (QED) is 0.794. The molecule has 0 saturated carbocycles. The van der Waals surface area contributed by atoms with Gasteiger partial charge in [0.15, 0.2) is 5.65 Å². The fraction of sp³-hybridized carbons (Fsp3) is 0.133. The third kappa shape index (κ3) is 2.88. The molecule has 3 aromatic rings. The second-order valence-corrected chi connectivity index (χ2v) is 4.63. The van der Waals surface area contributed by atoms with Gasteiger partial charge < -0.3 is 5.32 Å². The van der Waals surface area contributed by atoms with E-state index in [4.69, 9.17) is 5.26 Å². The van der Waals surface area contributed by atoms with E-state index in [9.17, 15) is 4.39 Å². The molecule has 0 bridgehead atoms. The molecule has 0 aliphatic rings. The van der Waals surface area contributed by atoms with E-state index in [-0.39, 0.29) is 5.82 Å². The fourth-order valence-electron chi connectivity index (χ4n) is 2.08. The van der Waals surface area contributed by atoms with Crippen molar-refractivity contribution in [1.82, 2.24) is 19.9 Å². The van der Waals surface area contributed by atoms with Gasteiger partial charge >= 0.3 is 0 Å². The van der Waals surface area contributed by atoms with E-state index < -0.39 is 0 Å². The summed E-state index contributed by atoms with van der Waals surface area (Å²) in [6.45, 7) is 1.15. The SMILES string of the molecule is N#Cc1cnn2cc(CNCc3cccc(F)c3)cnc12. The lowest BCUT2D eigenvalue weighted by Gasteiger charge is -2.05. The van der Waals surface area contributed by atoms with Crippen molar-refractivity contribution >= 4 is 5.65 Å². The highest BCUT2D eigenvalue weighted by molar-refractivity contribution is 5.53. The van der Waals surface area contributed by atoms with Crippen molar-refractivity contribution in [2.24, 2.45) is 0 Å². The summed E-state index contributed by atoms with van der Waals surface area (Å²) in [5.74, 6) is -0.238. The van der Waals surface area contributed by atoms with E-state index in [1.54, 1.807) is 16.8 Å². The molecule has 0 amide bonds. The van der Waals surface area contributed by atoms with Gasteiger partial charge in [0.05, 0.1) is 6.20 Å². The molecule has 21 heavy (non-hydrogen) atoms. The van der Waals surface area contributed by atoms with Crippen LogP contribution in [0.2, 0.25) is 0 Å². The van der Waals surface area contributed by atoms with E-state index in [2.05, 4.69) is 15.4 Å². The van der Waals surface area contributed by atoms with Crippen LogP contribution in [0.1, 0.15) is 16.7 Å². The molecule has 0 aliphatic carbocycles. The summed E-state index contributed by atoms with van der Waals surface area (Å²) in [5.41, 5.74) is 2.82. The van der Waals surface area contributed by atoms with E-state index in [0.29, 0.717) is 24.3 Å². The summed E-state index contributed by atoms with van der Waals surface area (Å²) in [6, 6.07) is 8.52. The third-order valence-electron chi connectivity index (χ3n) is 3.08. The lowest BCUT2D eigenvalue weighted by atomic mass is 10.2. The topological polar surface area (TPSA) is 66.0 Å². The average molecular weight is 281 g/mol. The molecule has 2 heterocycles. The van der Waals surface area contributed by atoms with Gasteiger partial charge in [-0.05, 0) is 17.7 Å². The minimum Gasteiger partial charge on any atom is -0.309 e. The first-order valence-electron chi connectivity index (χ1n) is 6.44. The normalized spacial score (nSPS) is 10.7. The monoisotopic (exact) mass is 281 g/mol. The Hall–Kier alpha value is -2.78. The van der Waals surface area contributed by atoms with Crippen molar-refractivity contribution in [2.45, 2.75) is 13.1 Å². The molecular formula is C15H12FN5. The number of benzene rings is 1. The maximum Gasteiger partial charge on any atom is 0.172 e. The summed E-state index contributed by atoms with van der Waals surface area (Å²) < 4.78 is 14.6. The molecule has 0 aliphatic heterocycles. The van der Waals surface area contributed by atoms with Crippen LogP contribution in [0.4, 0.5) is 4.39 Å². The molecule has 3 rings (SSSR count). The highest BCUT2D eigenvalue weighted by Crippen LogP contribution is 2.08. The van der Waals surface area contributed by atoms with Crippen LogP contribution in [0.5, 0.6) is 0 Å². The molecule has 0 atom stereocenters. The van der Waals surface area contributed by atoms with Crippen LogP contribution in [0.25, 0.3) is 5.65 Å². The number of nitriles is 1. The zero-order valence-corrected chi connectivity index (χ0v) is 11.1. The van der Waals surface area contributed by atoms with Crippen molar-refractivity contribution in [3.63, 3.8) is 0 Å². The second kappa shape index (κ2) is 5.69. The Kier molecular flexibility index (Phi) is 3.58. The molecule has 0 spiro atoms. The number of hydrogen-bond donors (Lipinski definition) is 1. The molecule has 0 saturated heterocycles. The number of nitrogens with one attached hydrogen (secondary N) is 1. The van der Waals surface area contributed by atoms with Gasteiger partial charge in [-0.15, -0.1) is 0 Å². The Morgan fingerprint density at radius 2 is 2.10 bits per heavy atom. The molecule has 1 aromatic carbocycles. The lowest BCUT2D eigenvalue weighted by molar-refractivity contribution is 0.620. The number of hydrogen-bond acceptors (Lipinski definition) is 4. The first kappa shape index (κ1) is 13.2. The van der Waals surface area contributed by atoms with Gasteiger partial charge in [-0.2, -0.15) is 10.4 Å². The molecule has 1 N–H and O–H groups in total. The smallest absolute Gasteiger partial charge is 0.172 e. The minimum atomic E-state index is -0.238. The van der Waals surface area contributed by atoms with Crippen LogP contribution in [-0.2, 0) is 13.1 Å². The Bertz CT molecular complexity index is 818. The summed E-state index contributed by atoms with van der Waals surface area (Å²) in [4.78, 5) is 4.23. The van der Waals surface area contributed by atoms with Gasteiger partial charge in [-0.3, -0.25) is 0 Å². The zero-order valence-electron chi connectivity index (χ0n) is 11.1. The van der Waals surface area contributed by atoms with E-state index in [1.807, 2.05) is 18.3 Å². The predicted molar refractivity (Wildman–Crippen MR) is 74.6 cm³/mol. The number of rotatable bonds is 4. The Morgan fingerprint density at radius 1 is 1.24 bits per heavy atom. The van der Waals surface area contributed by atoms with Crippen LogP contribution in [0.15, 0.2) is 42.9 Å². The average Bonchev–Trinajstić information content (AvgIpc) is 2.89. The summed E-state index contributed by atoms with van der Waals surface area (Å²) in [6.07, 6.45) is 5.02. The van der Waals surface area contributed by atoms with Crippen molar-refractivity contribution in [1.29, 1.82) is 5.26 Å². The summed E-state index contributed by atoms with van der Waals surface area (Å²) >= 11 is 0. The molecule has 0 radical (unpaired) electrons. The van der Waals surface area contributed by atoms with Gasteiger partial charge in [-0.1, -0.05) is 12.1 Å². The summed E-state index contributed by atoms with van der Waals surface area (Å²) in [5, 5.41) is 16.2. The molecule has 2 aromatic heterocycles. The van der Waals surface area contributed by atoms with Crippen molar-refractivity contribution in [2.75, 3.05) is 0 Å². The molecule has 0 fully saturated rings. The standard InChI is InChI=1S/C15H12FN5/c16-14-3-1-2-11(4-14)6-18-7-12-8-19-15-13(5-17)9-20-21(15)10-12/h1-4,8-10,18H,6-7H2. The van der Waals surface area contributed by atoms with Gasteiger partial charge in [0.1, 0.15) is 17.4 Å². The summed E-state index contributed by atoms with van der Waals surface area (Å²) in [7, 11) is 0. The van der Waals surface area contributed by atoms with Gasteiger partial charge in [0, 0.05) is 31.0 Å². The van der Waals surface area contributed by atoms with Crippen molar-refractivity contribution in [3.8, 4) is 6.07 Å². The number of aromatic nitrogens is 3. The fourth-order valence-corrected chi connectivity index (χ4v) is 2.08. The third-order valence-corrected chi connectivity index (χ3v) is 3.08. The van der Waals surface area contributed by atoms with E-state index in [1.165, 1.54) is 18.3 Å². The maximum atomic E-state index is 13.1. The first-order chi connectivity index (χ1) is 10.3. The lowest BCUT2D eigenvalue weighted by Crippen LogP contribution is -2.13. The predicted octanol–water partition coefficient (Wildman–Crippen LogP) is 2.03. The van der Waals surface area contributed by atoms with Crippen LogP contribution in [-0.4, -0.2) is 14.6 Å². The molecule has 6 heteroatoms. The zero-order chi connectivity index (χ0) is 14.7. The van der Waals surface area contributed by atoms with Crippen molar-refractivity contribution < 1.29 is 4.39 Å². The molecular weight excluding hydrogens is 269 g/mol. The van der Waals surface area contributed by atoms with Gasteiger partial charge in [0.2, 0.25) is 0 Å². The van der Waals surface area contributed by atoms with Crippen LogP contribution in [0, 0.1) is 17.1 Å². The molecule has 0 unspecified atom stereocenters. The van der Waals surface area contributed by atoms with Gasteiger partial charge in [0.25, 0.3) is 0 Å². The highest BCUT2D eigenvalue weighted by atomic mass is 19.1. The minimum absolute atomic E-state index is 0.238. The molecule has 5 nitrogen and oxygen atoms in total. The Labute approximate surface area is 120 Å². The molecule has 104 valence electrons.